The standard InChI is InChI=1S/C12H15N3O3S/c1-7(2)11-15(9(6-19-11)12(17)18)10(16)8-3-4-13-14-5-8/h3-5,7,9,11H,6H2,1-2H3,(H,17,18). The molecule has 1 aromatic rings. The molecule has 2 heterocycles. The molecule has 0 radical (unpaired) electrons. The van der Waals surface area contributed by atoms with Crippen molar-refractivity contribution >= 4 is 23.6 Å². The number of thioether (sulfide) groups is 1. The van der Waals surface area contributed by atoms with E-state index in [0.717, 1.165) is 0 Å². The van der Waals surface area contributed by atoms with Crippen LogP contribution in [0.1, 0.15) is 24.2 Å². The van der Waals surface area contributed by atoms with Gasteiger partial charge in [0, 0.05) is 5.75 Å². The number of hydrogen-bond donors (Lipinski definition) is 1. The first kappa shape index (κ1) is 13.8. The molecule has 1 aliphatic heterocycles. The van der Waals surface area contributed by atoms with E-state index in [-0.39, 0.29) is 17.2 Å². The van der Waals surface area contributed by atoms with Crippen molar-refractivity contribution in [2.24, 2.45) is 5.92 Å². The molecule has 2 unspecified atom stereocenters. The van der Waals surface area contributed by atoms with Crippen LogP contribution in [0.25, 0.3) is 0 Å². The Bertz CT molecular complexity index is 480. The molecular weight excluding hydrogens is 266 g/mol. The Labute approximate surface area is 115 Å². The molecule has 2 rings (SSSR count). The SMILES string of the molecule is CC(C)C1SCC(C(=O)O)N1C(=O)c1ccnnc1. The number of aromatic nitrogens is 2. The van der Waals surface area contributed by atoms with Crippen LogP contribution in [0.4, 0.5) is 0 Å². The molecule has 0 aliphatic carbocycles. The molecule has 2 atom stereocenters. The zero-order valence-corrected chi connectivity index (χ0v) is 11.5. The minimum Gasteiger partial charge on any atom is -0.480 e. The summed E-state index contributed by atoms with van der Waals surface area (Å²) in [5.41, 5.74) is 0.370. The monoisotopic (exact) mass is 281 g/mol. The molecule has 19 heavy (non-hydrogen) atoms. The van der Waals surface area contributed by atoms with E-state index in [4.69, 9.17) is 0 Å². The molecule has 1 fully saturated rings. The summed E-state index contributed by atoms with van der Waals surface area (Å²) >= 11 is 1.51. The molecule has 0 aromatic carbocycles. The number of carboxylic acid groups (broad SMARTS) is 1. The molecule has 1 N–H and O–H groups in total. The van der Waals surface area contributed by atoms with E-state index in [2.05, 4.69) is 10.2 Å². The highest BCUT2D eigenvalue weighted by Crippen LogP contribution is 2.35. The normalized spacial score (nSPS) is 22.8. The van der Waals surface area contributed by atoms with Crippen molar-refractivity contribution in [2.75, 3.05) is 5.75 Å². The van der Waals surface area contributed by atoms with Gasteiger partial charge in [0.25, 0.3) is 5.91 Å². The van der Waals surface area contributed by atoms with Crippen molar-refractivity contribution in [2.45, 2.75) is 25.3 Å². The summed E-state index contributed by atoms with van der Waals surface area (Å²) in [6, 6.07) is 0.771. The number of carbonyl (C=O) groups is 2. The van der Waals surface area contributed by atoms with E-state index < -0.39 is 12.0 Å². The minimum atomic E-state index is -0.967. The number of carbonyl (C=O) groups excluding carboxylic acids is 1. The Morgan fingerprint density at radius 2 is 2.21 bits per heavy atom. The average Bonchev–Trinajstić information content (AvgIpc) is 2.83. The van der Waals surface area contributed by atoms with Crippen molar-refractivity contribution in [3.63, 3.8) is 0 Å². The molecule has 1 amide bonds. The Hall–Kier alpha value is -1.63. The van der Waals surface area contributed by atoms with Gasteiger partial charge in [-0.3, -0.25) is 4.79 Å². The van der Waals surface area contributed by atoms with Crippen LogP contribution in [0.3, 0.4) is 0 Å². The maximum Gasteiger partial charge on any atom is 0.327 e. The van der Waals surface area contributed by atoms with Crippen molar-refractivity contribution < 1.29 is 14.7 Å². The maximum absolute atomic E-state index is 12.5. The quantitative estimate of drug-likeness (QED) is 0.893. The number of nitrogens with zero attached hydrogens (tertiary/aromatic N) is 3. The molecule has 0 saturated carbocycles. The van der Waals surface area contributed by atoms with Crippen LogP contribution in [-0.4, -0.2) is 49.2 Å². The molecule has 1 aliphatic rings. The molecule has 7 heteroatoms. The lowest BCUT2D eigenvalue weighted by Gasteiger charge is -2.29. The van der Waals surface area contributed by atoms with Gasteiger partial charge >= 0.3 is 5.97 Å². The summed E-state index contributed by atoms with van der Waals surface area (Å²) in [6.45, 7) is 3.96. The van der Waals surface area contributed by atoms with Crippen molar-refractivity contribution in [3.05, 3.63) is 24.0 Å². The summed E-state index contributed by atoms with van der Waals surface area (Å²) in [6.07, 6.45) is 2.79. The van der Waals surface area contributed by atoms with Gasteiger partial charge < -0.3 is 10.0 Å². The van der Waals surface area contributed by atoms with E-state index in [9.17, 15) is 14.7 Å². The van der Waals surface area contributed by atoms with Gasteiger partial charge in [0.15, 0.2) is 0 Å². The zero-order valence-electron chi connectivity index (χ0n) is 10.7. The second-order valence-electron chi connectivity index (χ2n) is 4.67. The number of hydrogen-bond acceptors (Lipinski definition) is 5. The highest BCUT2D eigenvalue weighted by molar-refractivity contribution is 8.00. The summed E-state index contributed by atoms with van der Waals surface area (Å²) in [5, 5.41) is 16.4. The zero-order chi connectivity index (χ0) is 14.0. The van der Waals surface area contributed by atoms with E-state index in [0.29, 0.717) is 11.3 Å². The van der Waals surface area contributed by atoms with Gasteiger partial charge in [-0.05, 0) is 12.0 Å². The number of carboxylic acids is 1. The molecule has 0 bridgehead atoms. The Morgan fingerprint density at radius 3 is 2.74 bits per heavy atom. The molecule has 102 valence electrons. The summed E-state index contributed by atoms with van der Waals surface area (Å²) in [7, 11) is 0. The number of aliphatic carboxylic acids is 1. The van der Waals surface area contributed by atoms with Crippen LogP contribution in [0.2, 0.25) is 0 Å². The third-order valence-corrected chi connectivity index (χ3v) is 4.58. The van der Waals surface area contributed by atoms with Crippen LogP contribution >= 0.6 is 11.8 Å². The van der Waals surface area contributed by atoms with Crippen molar-refractivity contribution in [3.8, 4) is 0 Å². The molecule has 1 aromatic heterocycles. The number of rotatable bonds is 3. The van der Waals surface area contributed by atoms with Crippen LogP contribution in [-0.2, 0) is 4.79 Å². The molecule has 0 spiro atoms. The first-order chi connectivity index (χ1) is 9.02. The molecule has 1 saturated heterocycles. The van der Waals surface area contributed by atoms with E-state index in [1.54, 1.807) is 6.07 Å². The van der Waals surface area contributed by atoms with Gasteiger partial charge in [-0.2, -0.15) is 10.2 Å². The van der Waals surface area contributed by atoms with Gasteiger partial charge in [-0.1, -0.05) is 13.8 Å². The Balaban J connectivity index is 2.31. The highest BCUT2D eigenvalue weighted by Gasteiger charge is 2.43. The predicted molar refractivity (Wildman–Crippen MR) is 70.7 cm³/mol. The summed E-state index contributed by atoms with van der Waals surface area (Å²) in [5.74, 6) is -0.660. The third kappa shape index (κ3) is 2.70. The van der Waals surface area contributed by atoms with Crippen LogP contribution in [0.15, 0.2) is 18.5 Å². The van der Waals surface area contributed by atoms with Crippen molar-refractivity contribution in [1.29, 1.82) is 0 Å². The van der Waals surface area contributed by atoms with Crippen molar-refractivity contribution in [1.82, 2.24) is 15.1 Å². The molecule has 6 nitrogen and oxygen atoms in total. The smallest absolute Gasteiger partial charge is 0.327 e. The lowest BCUT2D eigenvalue weighted by atomic mass is 10.1. The first-order valence-corrected chi connectivity index (χ1v) is 7.01. The number of amides is 1. The summed E-state index contributed by atoms with van der Waals surface area (Å²) in [4.78, 5) is 25.2. The second kappa shape index (κ2) is 5.56. The second-order valence-corrected chi connectivity index (χ2v) is 5.82. The van der Waals surface area contributed by atoms with Gasteiger partial charge in [0.2, 0.25) is 0 Å². The van der Waals surface area contributed by atoms with E-state index in [1.165, 1.54) is 29.1 Å². The van der Waals surface area contributed by atoms with Crippen LogP contribution < -0.4 is 0 Å². The third-order valence-electron chi connectivity index (χ3n) is 2.96. The van der Waals surface area contributed by atoms with Gasteiger partial charge in [0.1, 0.15) is 6.04 Å². The average molecular weight is 281 g/mol. The van der Waals surface area contributed by atoms with E-state index in [1.807, 2.05) is 13.8 Å². The fourth-order valence-electron chi connectivity index (χ4n) is 2.05. The largest absolute Gasteiger partial charge is 0.480 e. The van der Waals surface area contributed by atoms with Crippen LogP contribution in [0.5, 0.6) is 0 Å². The lowest BCUT2D eigenvalue weighted by molar-refractivity contribution is -0.141. The van der Waals surface area contributed by atoms with Gasteiger partial charge in [-0.15, -0.1) is 11.8 Å². The fraction of sp³-hybridized carbons (Fsp3) is 0.500. The maximum atomic E-state index is 12.5. The minimum absolute atomic E-state index is 0.123. The summed E-state index contributed by atoms with van der Waals surface area (Å²) < 4.78 is 0. The van der Waals surface area contributed by atoms with E-state index >= 15 is 0 Å². The lowest BCUT2D eigenvalue weighted by Crippen LogP contribution is -2.47. The Morgan fingerprint density at radius 1 is 1.47 bits per heavy atom. The first-order valence-electron chi connectivity index (χ1n) is 5.96. The van der Waals surface area contributed by atoms with Crippen LogP contribution in [0, 0.1) is 5.92 Å². The fourth-order valence-corrected chi connectivity index (χ4v) is 3.53. The predicted octanol–water partition coefficient (Wildman–Crippen LogP) is 1.10. The Kier molecular flexibility index (Phi) is 4.04. The van der Waals surface area contributed by atoms with Gasteiger partial charge in [-0.25, -0.2) is 4.79 Å². The topological polar surface area (TPSA) is 83.4 Å². The van der Waals surface area contributed by atoms with Gasteiger partial charge in [0.05, 0.1) is 23.3 Å². The highest BCUT2D eigenvalue weighted by atomic mass is 32.2. The molecular formula is C12H15N3O3S.